The third kappa shape index (κ3) is 3.45. The number of ether oxygens (including phenoxy) is 1. The Morgan fingerprint density at radius 3 is 2.85 bits per heavy atom. The van der Waals surface area contributed by atoms with Gasteiger partial charge in [-0.3, -0.25) is 14.4 Å². The molecule has 0 radical (unpaired) electrons. The van der Waals surface area contributed by atoms with Gasteiger partial charge in [0.1, 0.15) is 23.8 Å². The highest BCUT2D eigenvalue weighted by molar-refractivity contribution is 5.98. The summed E-state index contributed by atoms with van der Waals surface area (Å²) in [6.45, 7) is 0.557. The normalized spacial score (nSPS) is 29.6. The van der Waals surface area contributed by atoms with Crippen LogP contribution in [0.2, 0.25) is 0 Å². The molecule has 34 heavy (non-hydrogen) atoms. The van der Waals surface area contributed by atoms with Gasteiger partial charge in [-0.05, 0) is 44.2 Å². The van der Waals surface area contributed by atoms with Crippen LogP contribution in [0.4, 0.5) is 0 Å². The number of unbranched alkanes of at least 4 members (excludes halogenated alkanes) is 2. The number of amides is 3. The summed E-state index contributed by atoms with van der Waals surface area (Å²) in [5, 5.41) is 22.9. The van der Waals surface area contributed by atoms with Crippen LogP contribution in [0.3, 0.4) is 0 Å². The van der Waals surface area contributed by atoms with Crippen LogP contribution in [-0.4, -0.2) is 80.7 Å². The molecule has 2 bridgehead atoms. The number of hydrogen-bond acceptors (Lipinski definition) is 7. The lowest BCUT2D eigenvalue weighted by Crippen LogP contribution is -2.55. The Balaban J connectivity index is 1.40. The maximum atomic E-state index is 13.6. The zero-order chi connectivity index (χ0) is 23.9. The van der Waals surface area contributed by atoms with E-state index in [1.54, 1.807) is 16.6 Å². The summed E-state index contributed by atoms with van der Waals surface area (Å²) in [5.74, 6) is -2.02. The Morgan fingerprint density at radius 2 is 2.06 bits per heavy atom. The second-order valence-corrected chi connectivity index (χ2v) is 9.26. The summed E-state index contributed by atoms with van der Waals surface area (Å²) in [6.07, 6.45) is 2.85. The van der Waals surface area contributed by atoms with Crippen molar-refractivity contribution in [2.24, 2.45) is 11.8 Å². The topological polar surface area (TPSA) is 139 Å². The Bertz CT molecular complexity index is 1100. The van der Waals surface area contributed by atoms with Crippen LogP contribution in [0.15, 0.2) is 24.3 Å². The zero-order valence-electron chi connectivity index (χ0n) is 19.1. The number of aromatic nitrogens is 3. The van der Waals surface area contributed by atoms with Crippen molar-refractivity contribution >= 4 is 28.8 Å². The Labute approximate surface area is 196 Å². The molecule has 5 atom stereocenters. The largest absolute Gasteiger partial charge is 0.396 e. The molecule has 3 N–H and O–H groups in total. The molecule has 3 saturated heterocycles. The number of carbonyl (C=O) groups excluding carboxylic acids is 3. The minimum absolute atomic E-state index is 0.0832. The van der Waals surface area contributed by atoms with Crippen LogP contribution < -0.4 is 10.6 Å². The van der Waals surface area contributed by atoms with Gasteiger partial charge in [-0.15, -0.1) is 5.10 Å². The van der Waals surface area contributed by atoms with Gasteiger partial charge in [0.25, 0.3) is 0 Å². The van der Waals surface area contributed by atoms with E-state index in [0.29, 0.717) is 32.2 Å². The van der Waals surface area contributed by atoms with Crippen molar-refractivity contribution < 1.29 is 24.2 Å². The number of hydrogen-bond donors (Lipinski definition) is 3. The van der Waals surface area contributed by atoms with E-state index in [0.717, 1.165) is 17.5 Å². The van der Waals surface area contributed by atoms with Crippen LogP contribution in [0.1, 0.15) is 32.1 Å². The van der Waals surface area contributed by atoms with E-state index < -0.39 is 23.5 Å². The SMILES string of the molecule is CNC(=O)[C@@H]1[C@H]2C(=O)N(CCCCCO)C(C(=O)NCn3nnc4ccccc43)C23CC[C@H]1O3. The smallest absolute Gasteiger partial charge is 0.247 e. The molecule has 5 rings (SSSR count). The van der Waals surface area contributed by atoms with Crippen LogP contribution in [0.5, 0.6) is 0 Å². The molecule has 11 heteroatoms. The maximum absolute atomic E-state index is 13.6. The summed E-state index contributed by atoms with van der Waals surface area (Å²) >= 11 is 0. The maximum Gasteiger partial charge on any atom is 0.247 e. The second-order valence-electron chi connectivity index (χ2n) is 9.26. The first-order valence-corrected chi connectivity index (χ1v) is 11.9. The first-order chi connectivity index (χ1) is 16.5. The third-order valence-corrected chi connectivity index (χ3v) is 7.48. The number of rotatable bonds is 9. The van der Waals surface area contributed by atoms with E-state index >= 15 is 0 Å². The average molecular weight is 471 g/mol. The number of likely N-dealkylation sites (tertiary alicyclic amines) is 1. The molecule has 3 aliphatic heterocycles. The lowest BCUT2D eigenvalue weighted by molar-refractivity contribution is -0.142. The summed E-state index contributed by atoms with van der Waals surface area (Å²) in [5.41, 5.74) is 0.507. The van der Waals surface area contributed by atoms with Crippen LogP contribution in [0.25, 0.3) is 11.0 Å². The summed E-state index contributed by atoms with van der Waals surface area (Å²) in [4.78, 5) is 41.5. The first-order valence-electron chi connectivity index (χ1n) is 11.9. The van der Waals surface area contributed by atoms with Crippen LogP contribution in [0, 0.1) is 11.8 Å². The van der Waals surface area contributed by atoms with Gasteiger partial charge in [0.05, 0.1) is 23.5 Å². The van der Waals surface area contributed by atoms with E-state index in [2.05, 4.69) is 20.9 Å². The predicted octanol–water partition coefficient (Wildman–Crippen LogP) is -0.212. The van der Waals surface area contributed by atoms with Gasteiger partial charge in [-0.25, -0.2) is 4.68 Å². The van der Waals surface area contributed by atoms with Gasteiger partial charge in [-0.2, -0.15) is 0 Å². The molecule has 1 aromatic carbocycles. The molecule has 4 heterocycles. The van der Waals surface area contributed by atoms with Gasteiger partial charge < -0.3 is 25.4 Å². The van der Waals surface area contributed by atoms with E-state index in [9.17, 15) is 14.4 Å². The fourth-order valence-corrected chi connectivity index (χ4v) is 6.02. The second kappa shape index (κ2) is 8.95. The van der Waals surface area contributed by atoms with Gasteiger partial charge >= 0.3 is 0 Å². The monoisotopic (exact) mass is 470 g/mol. The zero-order valence-corrected chi connectivity index (χ0v) is 19.1. The number of fused-ring (bicyclic) bond motifs is 2. The average Bonchev–Trinajstić information content (AvgIpc) is 3.59. The predicted molar refractivity (Wildman–Crippen MR) is 120 cm³/mol. The Morgan fingerprint density at radius 1 is 1.24 bits per heavy atom. The Hall–Kier alpha value is -3.05. The number of aliphatic hydroxyl groups excluding tert-OH is 1. The standard InChI is InChI=1S/C23H30N6O5/c1-24-20(31)17-16-9-10-23(34-16)18(17)22(33)28(11-5-2-6-12-30)19(23)21(32)25-13-29-15-8-4-3-7-14(15)26-27-29/h3-4,7-8,16-19,30H,2,5-6,9-13H2,1H3,(H,24,31)(H,25,32)/t16-,17+,18+,19?,23?/m1/s1. The number of para-hydroxylation sites is 1. The first kappa shape index (κ1) is 22.7. The fourth-order valence-electron chi connectivity index (χ4n) is 6.02. The lowest BCUT2D eigenvalue weighted by Gasteiger charge is -2.33. The number of nitrogens with one attached hydrogen (secondary N) is 2. The van der Waals surface area contributed by atoms with Crippen LogP contribution >= 0.6 is 0 Å². The van der Waals surface area contributed by atoms with Gasteiger partial charge in [0.15, 0.2) is 0 Å². The van der Waals surface area contributed by atoms with Crippen molar-refractivity contribution in [2.75, 3.05) is 20.2 Å². The molecule has 1 spiro atoms. The van der Waals surface area contributed by atoms with Gasteiger partial charge in [-0.1, -0.05) is 17.3 Å². The quantitative estimate of drug-likeness (QED) is 0.431. The highest BCUT2D eigenvalue weighted by Gasteiger charge is 2.74. The van der Waals surface area contributed by atoms with Crippen LogP contribution in [-0.2, 0) is 25.8 Å². The third-order valence-electron chi connectivity index (χ3n) is 7.48. The summed E-state index contributed by atoms with van der Waals surface area (Å²) < 4.78 is 7.93. The van der Waals surface area contributed by atoms with E-state index in [-0.39, 0.29) is 37.1 Å². The summed E-state index contributed by atoms with van der Waals surface area (Å²) in [6, 6.07) is 6.64. The minimum atomic E-state index is -1.01. The van der Waals surface area contributed by atoms with Gasteiger partial charge in [0.2, 0.25) is 17.7 Å². The van der Waals surface area contributed by atoms with Crippen molar-refractivity contribution in [3.05, 3.63) is 24.3 Å². The molecule has 2 aromatic rings. The van der Waals surface area contributed by atoms with E-state index in [1.165, 1.54) is 0 Å². The lowest BCUT2D eigenvalue weighted by atomic mass is 9.70. The fraction of sp³-hybridized carbons (Fsp3) is 0.609. The molecular formula is C23H30N6O5. The van der Waals surface area contributed by atoms with Crippen molar-refractivity contribution in [1.82, 2.24) is 30.5 Å². The Kier molecular flexibility index (Phi) is 5.98. The molecule has 2 unspecified atom stereocenters. The molecule has 3 aliphatic rings. The summed E-state index contributed by atoms with van der Waals surface area (Å²) in [7, 11) is 1.56. The minimum Gasteiger partial charge on any atom is -0.396 e. The number of aliphatic hydroxyl groups is 1. The van der Waals surface area contributed by atoms with E-state index in [4.69, 9.17) is 9.84 Å². The van der Waals surface area contributed by atoms with E-state index in [1.807, 2.05) is 24.3 Å². The van der Waals surface area contributed by atoms with Crippen molar-refractivity contribution in [3.8, 4) is 0 Å². The van der Waals surface area contributed by atoms with Crippen molar-refractivity contribution in [2.45, 2.75) is 56.5 Å². The molecule has 1 aromatic heterocycles. The number of carbonyl (C=O) groups is 3. The number of nitrogens with zero attached hydrogens (tertiary/aromatic N) is 4. The van der Waals surface area contributed by atoms with Gasteiger partial charge in [0, 0.05) is 20.2 Å². The van der Waals surface area contributed by atoms with Crippen molar-refractivity contribution in [1.29, 1.82) is 0 Å². The molecule has 3 fully saturated rings. The molecule has 0 saturated carbocycles. The molecule has 0 aliphatic carbocycles. The molecule has 3 amide bonds. The highest BCUT2D eigenvalue weighted by Crippen LogP contribution is 2.58. The number of benzene rings is 1. The highest BCUT2D eigenvalue weighted by atomic mass is 16.5. The molecule has 11 nitrogen and oxygen atoms in total. The van der Waals surface area contributed by atoms with Crippen molar-refractivity contribution in [3.63, 3.8) is 0 Å². The molecule has 182 valence electrons. The molecular weight excluding hydrogens is 440 g/mol.